The van der Waals surface area contributed by atoms with Gasteiger partial charge in [0.1, 0.15) is 17.3 Å². The molecule has 4 heterocycles. The van der Waals surface area contributed by atoms with Crippen LogP contribution in [0.3, 0.4) is 0 Å². The number of rotatable bonds is 10. The lowest BCUT2D eigenvalue weighted by Crippen LogP contribution is -2.62. The highest BCUT2D eigenvalue weighted by atomic mass is 16.7. The van der Waals surface area contributed by atoms with Crippen LogP contribution in [0.1, 0.15) is 116 Å². The van der Waals surface area contributed by atoms with Crippen molar-refractivity contribution >= 4 is 29.6 Å². The predicted molar refractivity (Wildman–Crippen MR) is 236 cm³/mol. The summed E-state index contributed by atoms with van der Waals surface area (Å²) in [5, 5.41) is 17.0. The Morgan fingerprint density at radius 1 is 0.877 bits per heavy atom. The van der Waals surface area contributed by atoms with Crippen LogP contribution in [0.15, 0.2) is 17.3 Å². The molecular formula is C47H78N2O16. The highest BCUT2D eigenvalue weighted by Crippen LogP contribution is 2.44. The van der Waals surface area contributed by atoms with E-state index in [9.17, 15) is 24.3 Å². The van der Waals surface area contributed by atoms with Gasteiger partial charge in [0.15, 0.2) is 24.8 Å². The Morgan fingerprint density at radius 2 is 1.52 bits per heavy atom. The molecule has 0 unspecified atom stereocenters. The van der Waals surface area contributed by atoms with Gasteiger partial charge in [-0.2, -0.15) is 0 Å². The average Bonchev–Trinajstić information content (AvgIpc) is 3.22. The van der Waals surface area contributed by atoms with Gasteiger partial charge >= 0.3 is 23.9 Å². The van der Waals surface area contributed by atoms with Crippen LogP contribution in [0.2, 0.25) is 0 Å². The van der Waals surface area contributed by atoms with Crippen LogP contribution in [-0.4, -0.2) is 158 Å². The maximum atomic E-state index is 14.8. The molecule has 0 aliphatic carbocycles. The number of carbonyl (C=O) groups excluding carboxylic acids is 4. The van der Waals surface area contributed by atoms with Gasteiger partial charge in [0, 0.05) is 52.1 Å². The summed E-state index contributed by atoms with van der Waals surface area (Å²) in [5.41, 5.74) is -3.33. The highest BCUT2D eigenvalue weighted by molar-refractivity contribution is 5.89. The Labute approximate surface area is 385 Å². The minimum atomic E-state index is -1.83. The van der Waals surface area contributed by atoms with Crippen LogP contribution in [0, 0.1) is 23.7 Å². The van der Waals surface area contributed by atoms with E-state index in [1.54, 1.807) is 34.6 Å². The highest BCUT2D eigenvalue weighted by Gasteiger charge is 2.56. The fourth-order valence-electron chi connectivity index (χ4n) is 10.3. The van der Waals surface area contributed by atoms with Crippen LogP contribution in [0.25, 0.3) is 0 Å². The van der Waals surface area contributed by atoms with E-state index in [0.717, 1.165) is 0 Å². The largest absolute Gasteiger partial charge is 0.459 e. The van der Waals surface area contributed by atoms with E-state index in [-0.39, 0.29) is 44.6 Å². The third kappa shape index (κ3) is 12.9. The lowest BCUT2D eigenvalue weighted by molar-refractivity contribution is -0.321. The second kappa shape index (κ2) is 22.4. The van der Waals surface area contributed by atoms with E-state index < -0.39 is 120 Å². The van der Waals surface area contributed by atoms with Crippen molar-refractivity contribution in [3.05, 3.63) is 12.2 Å². The predicted octanol–water partition coefficient (Wildman–Crippen LogP) is 4.90. The Balaban J connectivity index is 2.03. The van der Waals surface area contributed by atoms with Crippen LogP contribution >= 0.6 is 0 Å². The molecule has 0 aromatic carbocycles. The molecule has 18 heteroatoms. The quantitative estimate of drug-likeness (QED) is 0.102. The first kappa shape index (κ1) is 54.5. The second-order valence-corrected chi connectivity index (χ2v) is 19.6. The molecule has 0 spiro atoms. The number of aliphatic hydroxyl groups is 1. The van der Waals surface area contributed by atoms with Crippen molar-refractivity contribution in [2.75, 3.05) is 34.4 Å². The lowest BCUT2D eigenvalue weighted by atomic mass is 9.73. The fraction of sp³-hybridized carbons (Fsp3) is 0.851. The van der Waals surface area contributed by atoms with Crippen molar-refractivity contribution in [3.8, 4) is 0 Å². The molecule has 0 aromatic heterocycles. The van der Waals surface area contributed by atoms with Crippen molar-refractivity contribution in [3.63, 3.8) is 0 Å². The molecule has 1 N–H and O–H groups in total. The normalized spacial score (nSPS) is 43.1. The molecule has 65 heavy (non-hydrogen) atoms. The number of ether oxygens (including phenoxy) is 10. The molecule has 18 atom stereocenters. The minimum Gasteiger partial charge on any atom is -0.459 e. The fourth-order valence-corrected chi connectivity index (χ4v) is 10.3. The maximum Gasteiger partial charge on any atom is 0.331 e. The summed E-state index contributed by atoms with van der Waals surface area (Å²) < 4.78 is 64.8. The molecular weight excluding hydrogens is 849 g/mol. The molecule has 4 aliphatic rings. The lowest BCUT2D eigenvalue weighted by Gasteiger charge is -2.50. The Hall–Kier alpha value is -3.07. The number of oxime groups is 1. The summed E-state index contributed by atoms with van der Waals surface area (Å²) in [6.45, 7) is 26.1. The van der Waals surface area contributed by atoms with Gasteiger partial charge in [-0.05, 0) is 80.5 Å². The molecule has 2 bridgehead atoms. The zero-order valence-electron chi connectivity index (χ0n) is 41.6. The zero-order valence-corrected chi connectivity index (χ0v) is 41.6. The van der Waals surface area contributed by atoms with Gasteiger partial charge in [-0.15, -0.1) is 0 Å². The van der Waals surface area contributed by atoms with E-state index in [2.05, 4.69) is 11.7 Å². The monoisotopic (exact) mass is 927 g/mol. The zero-order chi connectivity index (χ0) is 48.9. The van der Waals surface area contributed by atoms with E-state index in [1.165, 1.54) is 27.9 Å². The molecule has 4 saturated heterocycles. The number of hydrogen-bond donors (Lipinski definition) is 1. The molecule has 0 amide bonds. The standard InChI is InChI=1S/C47H78N2O16/c1-18-35-47(14,54)41-27(5)37(48-65-33(11)52)25(3)20-46(13,57-23-24(2)22-56-41)40(64-44-39(60-31(9)50)34(49(15)16)19-26(4)58-44)28(6)38(29(7)43(53)62-35)63-36-21-45(12,55-17)42(30(8)59-36)61-32(10)51/h25-30,34-36,38-42,44,54H,2,18-23H2,1,3-17H3/b48-37-/t25-,26-,27+,28+,29-,30+,34+,35-,36+,38+,39-,40-,41-,42+,44+,45-,46-,47-/m1/s1. The number of cyclic esters (lactones) is 1. The van der Waals surface area contributed by atoms with E-state index in [4.69, 9.17) is 52.2 Å². The molecule has 4 aliphatic heterocycles. The van der Waals surface area contributed by atoms with Crippen molar-refractivity contribution < 1.29 is 76.5 Å². The van der Waals surface area contributed by atoms with Gasteiger partial charge in [-0.1, -0.05) is 39.4 Å². The Morgan fingerprint density at radius 3 is 2.09 bits per heavy atom. The topological polar surface area (TPSA) is 206 Å². The van der Waals surface area contributed by atoms with Crippen LogP contribution in [-0.2, 0) is 71.4 Å². The summed E-state index contributed by atoms with van der Waals surface area (Å²) >= 11 is 0. The van der Waals surface area contributed by atoms with Gasteiger partial charge in [-0.25, -0.2) is 4.79 Å². The van der Waals surface area contributed by atoms with Crippen molar-refractivity contribution in [1.29, 1.82) is 0 Å². The first-order valence-corrected chi connectivity index (χ1v) is 23.0. The summed E-state index contributed by atoms with van der Waals surface area (Å²) in [4.78, 5) is 59.4. The molecule has 4 fully saturated rings. The molecule has 372 valence electrons. The summed E-state index contributed by atoms with van der Waals surface area (Å²) in [7, 11) is 5.31. The summed E-state index contributed by atoms with van der Waals surface area (Å²) in [6, 6.07) is -0.312. The van der Waals surface area contributed by atoms with Crippen molar-refractivity contribution in [2.45, 2.75) is 200 Å². The third-order valence-electron chi connectivity index (χ3n) is 13.7. The number of likely N-dealkylation sites (N-methyl/N-ethyl adjacent to an activating group) is 1. The average molecular weight is 927 g/mol. The second-order valence-electron chi connectivity index (χ2n) is 19.6. The van der Waals surface area contributed by atoms with Gasteiger partial charge in [0.25, 0.3) is 0 Å². The molecule has 0 radical (unpaired) electrons. The number of methoxy groups -OCH3 is 1. The van der Waals surface area contributed by atoms with Crippen LogP contribution < -0.4 is 0 Å². The van der Waals surface area contributed by atoms with Gasteiger partial charge in [0.2, 0.25) is 0 Å². The molecule has 4 rings (SSSR count). The van der Waals surface area contributed by atoms with Crippen LogP contribution in [0.4, 0.5) is 0 Å². The van der Waals surface area contributed by atoms with Crippen molar-refractivity contribution in [1.82, 2.24) is 4.90 Å². The molecule has 0 aromatic rings. The molecule has 0 saturated carbocycles. The number of carbonyl (C=O) groups is 4. The summed E-state index contributed by atoms with van der Waals surface area (Å²) in [6.07, 6.45) is -8.20. The number of nitrogens with zero attached hydrogens (tertiary/aromatic N) is 2. The van der Waals surface area contributed by atoms with Crippen molar-refractivity contribution in [2.24, 2.45) is 28.8 Å². The van der Waals surface area contributed by atoms with E-state index >= 15 is 0 Å². The van der Waals surface area contributed by atoms with Gasteiger partial charge in [0.05, 0.1) is 67.0 Å². The minimum absolute atomic E-state index is 0.0220. The number of esters is 3. The van der Waals surface area contributed by atoms with Crippen LogP contribution in [0.5, 0.6) is 0 Å². The number of hydrogen-bond acceptors (Lipinski definition) is 18. The SMILES string of the molecule is C=C1CO[C@@H]2[C@@H](C)/C(=N\OC(C)=O)[C@H](C)C[C@@](C)(OC1)[C@H](O[C@@H]1O[C@H](C)C[C@H](N(C)C)[C@H]1OC(C)=O)[C@@H](C)[C@H](O[C@H]1C[C@@](C)(OC)[C@@H](OC(C)=O)[C@H](C)O1)[C@@H](C)C(=O)O[C@H](CC)[C@@]2(C)O. The Bertz CT molecular complexity index is 1710. The third-order valence-corrected chi connectivity index (χ3v) is 13.7. The first-order chi connectivity index (χ1) is 30.2. The first-order valence-electron chi connectivity index (χ1n) is 23.0. The van der Waals surface area contributed by atoms with E-state index in [1.807, 2.05) is 53.6 Å². The van der Waals surface area contributed by atoms with Gasteiger partial charge in [-0.3, -0.25) is 14.4 Å². The Kier molecular flexibility index (Phi) is 18.8. The van der Waals surface area contributed by atoms with E-state index in [0.29, 0.717) is 17.7 Å². The summed E-state index contributed by atoms with van der Waals surface area (Å²) in [5.74, 6) is -5.49. The van der Waals surface area contributed by atoms with Gasteiger partial charge < -0.3 is 62.2 Å². The maximum absolute atomic E-state index is 14.8. The number of fused-ring (bicyclic) bond motifs is 5. The molecule has 18 nitrogen and oxygen atoms in total. The smallest absolute Gasteiger partial charge is 0.331 e.